The number of hydrogen-bond donors (Lipinski definition) is 3. The molecular formula is C14H23N3O3S. The predicted molar refractivity (Wildman–Crippen MR) is 79.4 cm³/mol. The number of H-pyrrole nitrogens is 1. The van der Waals surface area contributed by atoms with Crippen molar-refractivity contribution in [3.63, 3.8) is 0 Å². The molecule has 1 aromatic heterocycles. The van der Waals surface area contributed by atoms with E-state index in [4.69, 9.17) is 4.74 Å². The van der Waals surface area contributed by atoms with Gasteiger partial charge in [0.1, 0.15) is 0 Å². The third-order valence-electron chi connectivity index (χ3n) is 4.44. The van der Waals surface area contributed by atoms with Gasteiger partial charge in [-0.25, -0.2) is 13.1 Å². The topological polar surface area (TPSA) is 83.2 Å². The Morgan fingerprint density at radius 1 is 1.48 bits per heavy atom. The minimum atomic E-state index is -3.53. The highest BCUT2D eigenvalue weighted by molar-refractivity contribution is 7.89. The maximum Gasteiger partial charge on any atom is 0.242 e. The standard InChI is InChI=1S/C14H23N3O3S/c1-10-14(2,5-6-20-10)17-21(18,19)13-7-12(16-9-13)8-15-11-3-4-11/h7,9-11,15-17H,3-6,8H2,1-2H3. The maximum atomic E-state index is 12.5. The zero-order chi connectivity index (χ0) is 15.1. The van der Waals surface area contributed by atoms with E-state index in [9.17, 15) is 8.42 Å². The molecule has 118 valence electrons. The van der Waals surface area contributed by atoms with E-state index in [0.29, 0.717) is 25.6 Å². The highest BCUT2D eigenvalue weighted by Crippen LogP contribution is 2.27. The monoisotopic (exact) mass is 313 g/mol. The first-order chi connectivity index (χ1) is 9.89. The van der Waals surface area contributed by atoms with Crippen LogP contribution < -0.4 is 10.0 Å². The largest absolute Gasteiger partial charge is 0.376 e. The molecule has 2 heterocycles. The number of aromatic amines is 1. The van der Waals surface area contributed by atoms with Gasteiger partial charge in [0.05, 0.1) is 16.5 Å². The number of hydrogen-bond acceptors (Lipinski definition) is 4. The van der Waals surface area contributed by atoms with E-state index in [0.717, 1.165) is 5.69 Å². The van der Waals surface area contributed by atoms with Gasteiger partial charge in [0.25, 0.3) is 0 Å². The summed E-state index contributed by atoms with van der Waals surface area (Å²) in [5.41, 5.74) is 0.353. The molecule has 0 aromatic carbocycles. The minimum absolute atomic E-state index is 0.123. The van der Waals surface area contributed by atoms with Crippen molar-refractivity contribution in [2.45, 2.75) is 62.2 Å². The first kappa shape index (κ1) is 15.0. The fourth-order valence-corrected chi connectivity index (χ4v) is 4.06. The van der Waals surface area contributed by atoms with Crippen molar-refractivity contribution >= 4 is 10.0 Å². The summed E-state index contributed by atoms with van der Waals surface area (Å²) in [7, 11) is -3.53. The summed E-state index contributed by atoms with van der Waals surface area (Å²) in [5, 5.41) is 3.36. The summed E-state index contributed by atoms with van der Waals surface area (Å²) >= 11 is 0. The van der Waals surface area contributed by atoms with Crippen LogP contribution in [0.5, 0.6) is 0 Å². The van der Waals surface area contributed by atoms with Crippen LogP contribution in [0.1, 0.15) is 38.8 Å². The summed E-state index contributed by atoms with van der Waals surface area (Å²) in [6.45, 7) is 5.06. The van der Waals surface area contributed by atoms with Gasteiger partial charge < -0.3 is 15.0 Å². The van der Waals surface area contributed by atoms with E-state index in [-0.39, 0.29) is 11.0 Å². The second-order valence-corrected chi connectivity index (χ2v) is 7.98. The predicted octanol–water partition coefficient (Wildman–Crippen LogP) is 1.11. The van der Waals surface area contributed by atoms with Gasteiger partial charge in [0.2, 0.25) is 10.0 Å². The molecule has 21 heavy (non-hydrogen) atoms. The van der Waals surface area contributed by atoms with Gasteiger partial charge in [-0.1, -0.05) is 0 Å². The molecule has 0 bridgehead atoms. The van der Waals surface area contributed by atoms with Crippen molar-refractivity contribution in [3.05, 3.63) is 18.0 Å². The van der Waals surface area contributed by atoms with Crippen molar-refractivity contribution in [2.24, 2.45) is 0 Å². The molecule has 1 saturated carbocycles. The fraction of sp³-hybridized carbons (Fsp3) is 0.714. The van der Waals surface area contributed by atoms with E-state index < -0.39 is 15.6 Å². The normalized spacial score (nSPS) is 29.9. The summed E-state index contributed by atoms with van der Waals surface area (Å²) < 4.78 is 33.3. The number of nitrogens with one attached hydrogen (secondary N) is 3. The molecule has 6 nitrogen and oxygen atoms in total. The molecule has 1 saturated heterocycles. The minimum Gasteiger partial charge on any atom is -0.376 e. The molecule has 7 heteroatoms. The smallest absolute Gasteiger partial charge is 0.242 e. The molecule has 1 aliphatic carbocycles. The lowest BCUT2D eigenvalue weighted by molar-refractivity contribution is 0.0957. The quantitative estimate of drug-likeness (QED) is 0.735. The second kappa shape index (κ2) is 5.39. The Morgan fingerprint density at radius 2 is 2.24 bits per heavy atom. The molecule has 0 radical (unpaired) electrons. The van der Waals surface area contributed by atoms with Crippen molar-refractivity contribution in [2.75, 3.05) is 6.61 Å². The van der Waals surface area contributed by atoms with E-state index in [1.165, 1.54) is 12.8 Å². The lowest BCUT2D eigenvalue weighted by atomic mass is 9.97. The Morgan fingerprint density at radius 3 is 2.86 bits per heavy atom. The molecule has 2 atom stereocenters. The molecule has 2 fully saturated rings. The van der Waals surface area contributed by atoms with Crippen LogP contribution in [0.4, 0.5) is 0 Å². The van der Waals surface area contributed by atoms with Crippen LogP contribution in [0.3, 0.4) is 0 Å². The van der Waals surface area contributed by atoms with Crippen LogP contribution in [0, 0.1) is 0 Å². The van der Waals surface area contributed by atoms with E-state index in [1.54, 1.807) is 12.3 Å². The van der Waals surface area contributed by atoms with Gasteiger partial charge in [-0.15, -0.1) is 0 Å². The van der Waals surface area contributed by atoms with Gasteiger partial charge >= 0.3 is 0 Å². The first-order valence-electron chi connectivity index (χ1n) is 7.45. The maximum absolute atomic E-state index is 12.5. The first-order valence-corrected chi connectivity index (χ1v) is 8.94. The van der Waals surface area contributed by atoms with Crippen molar-refractivity contribution in [1.29, 1.82) is 0 Å². The number of aromatic nitrogens is 1. The van der Waals surface area contributed by atoms with Gasteiger partial charge in [-0.3, -0.25) is 0 Å². The molecular weight excluding hydrogens is 290 g/mol. The highest BCUT2D eigenvalue weighted by Gasteiger charge is 2.40. The van der Waals surface area contributed by atoms with Crippen LogP contribution in [0.15, 0.2) is 17.2 Å². The number of sulfonamides is 1. The van der Waals surface area contributed by atoms with Gasteiger partial charge in [-0.2, -0.15) is 0 Å². The highest BCUT2D eigenvalue weighted by atomic mass is 32.2. The van der Waals surface area contributed by atoms with Gasteiger partial charge in [-0.05, 0) is 39.2 Å². The summed E-state index contributed by atoms with van der Waals surface area (Å²) in [4.78, 5) is 3.32. The Bertz CT molecular complexity index is 609. The Kier molecular flexibility index (Phi) is 3.85. The molecule has 0 amide bonds. The average molecular weight is 313 g/mol. The second-order valence-electron chi connectivity index (χ2n) is 6.30. The van der Waals surface area contributed by atoms with Gasteiger partial charge in [0.15, 0.2) is 0 Å². The van der Waals surface area contributed by atoms with E-state index >= 15 is 0 Å². The molecule has 3 N–H and O–H groups in total. The van der Waals surface area contributed by atoms with E-state index in [1.807, 2.05) is 13.8 Å². The molecule has 0 spiro atoms. The van der Waals surface area contributed by atoms with Crippen LogP contribution in [0.25, 0.3) is 0 Å². The molecule has 3 rings (SSSR count). The van der Waals surface area contributed by atoms with E-state index in [2.05, 4.69) is 15.0 Å². The third kappa shape index (κ3) is 3.31. The zero-order valence-corrected chi connectivity index (χ0v) is 13.3. The molecule has 2 aliphatic rings. The summed E-state index contributed by atoms with van der Waals surface area (Å²) in [5.74, 6) is 0. The Labute approximate surface area is 125 Å². The fourth-order valence-electron chi connectivity index (χ4n) is 2.55. The van der Waals surface area contributed by atoms with Crippen molar-refractivity contribution in [1.82, 2.24) is 15.0 Å². The zero-order valence-electron chi connectivity index (χ0n) is 12.5. The lowest BCUT2D eigenvalue weighted by Crippen LogP contribution is -2.50. The van der Waals surface area contributed by atoms with Crippen LogP contribution in [-0.4, -0.2) is 37.7 Å². The van der Waals surface area contributed by atoms with Crippen LogP contribution in [0.2, 0.25) is 0 Å². The summed E-state index contributed by atoms with van der Waals surface area (Å²) in [6.07, 6.45) is 4.54. The lowest BCUT2D eigenvalue weighted by Gasteiger charge is -2.28. The molecule has 1 aliphatic heterocycles. The molecule has 1 aromatic rings. The third-order valence-corrected chi connectivity index (χ3v) is 6.03. The van der Waals surface area contributed by atoms with Crippen LogP contribution >= 0.6 is 0 Å². The van der Waals surface area contributed by atoms with Crippen molar-refractivity contribution in [3.8, 4) is 0 Å². The van der Waals surface area contributed by atoms with Crippen LogP contribution in [-0.2, 0) is 21.3 Å². The SMILES string of the molecule is CC1OCCC1(C)NS(=O)(=O)c1c[nH]c(CNC2CC2)c1. The summed E-state index contributed by atoms with van der Waals surface area (Å²) in [6, 6.07) is 2.29. The van der Waals surface area contributed by atoms with Gasteiger partial charge in [0, 0.05) is 31.1 Å². The number of ether oxygens (including phenoxy) is 1. The Hall–Kier alpha value is -0.890. The average Bonchev–Trinajstić information content (AvgIpc) is 3.01. The molecule has 2 unspecified atom stereocenters. The van der Waals surface area contributed by atoms with Crippen molar-refractivity contribution < 1.29 is 13.2 Å². The number of rotatable bonds is 6. The Balaban J connectivity index is 1.69.